The van der Waals surface area contributed by atoms with Crippen molar-refractivity contribution in [3.8, 4) is 67.9 Å². The van der Waals surface area contributed by atoms with Crippen molar-refractivity contribution in [1.82, 2.24) is 0 Å². The third kappa shape index (κ3) is 14.7. The quantitative estimate of drug-likeness (QED) is 0.0306. The van der Waals surface area contributed by atoms with E-state index in [9.17, 15) is 0 Å². The second-order valence-electron chi connectivity index (χ2n) is 22.4. The van der Waals surface area contributed by atoms with Crippen LogP contribution in [0, 0.1) is 34.9 Å². The molecule has 0 saturated carbocycles. The highest BCUT2D eigenvalue weighted by Crippen LogP contribution is 2.63. The van der Waals surface area contributed by atoms with Crippen molar-refractivity contribution in [2.75, 3.05) is 13.1 Å². The highest BCUT2D eigenvalue weighted by molar-refractivity contribution is 5.98. The first-order valence-electron chi connectivity index (χ1n) is 30.1. The lowest BCUT2D eigenvalue weighted by molar-refractivity contribution is -0.953. The molecule has 0 spiro atoms. The monoisotopic (exact) mass is 1280 g/mol. The number of quaternary nitrogens is 1. The zero-order valence-corrected chi connectivity index (χ0v) is 51.7. The zero-order valence-electron chi connectivity index (χ0n) is 50.1. The van der Waals surface area contributed by atoms with E-state index in [1.807, 2.05) is 182 Å². The number of hydrogen-bond acceptors (Lipinski definition) is 6. The minimum atomic E-state index is -1.67. The number of fused-ring (bicyclic) bond motifs is 3. The largest absolute Gasteiger partial charge is 1.00 e. The average Bonchev–Trinajstić information content (AvgIpc) is 1.36. The van der Waals surface area contributed by atoms with Gasteiger partial charge in [0.15, 0.2) is 57.9 Å². The lowest BCUT2D eigenvalue weighted by atomic mass is 9.84. The van der Waals surface area contributed by atoms with Gasteiger partial charge in [-0.1, -0.05) is 209 Å². The number of benzene rings is 10. The van der Waals surface area contributed by atoms with Gasteiger partial charge in [0.2, 0.25) is 11.5 Å². The van der Waals surface area contributed by atoms with Crippen molar-refractivity contribution >= 4 is 0 Å². The Bertz CT molecular complexity index is 3710. The van der Waals surface area contributed by atoms with Gasteiger partial charge in [0.05, 0.1) is 13.1 Å². The maximum absolute atomic E-state index is 16.5. The standard InChI is InChI=1S/C76H68F6NO6.BrH/c1-3-5-37-83(38-6-4-2)43-59-65(57-39-61(77)69(81)62(78)40-57)71(84-45-51-25-13-7-14-26-51)75(88-49-55-33-21-11-22-34-55)73(86-47-53-29-17-9-18-30-53)67(59)68-60(44-83)66(58-41-63(79)70(82)64(80)42-58)72(85-46-52-27-15-8-16-28-52)76(89-50-56-35-23-12-24-36-56)74(68)87-48-54-31-19-10-20-32-54;/h7-36,39-42H,3-6,37-38,43-50H2,1-2H3;1H/q+1;/p-1. The summed E-state index contributed by atoms with van der Waals surface area (Å²) in [7, 11) is 0. The van der Waals surface area contributed by atoms with E-state index in [1.54, 1.807) is 0 Å². The fraction of sp³-hybridized carbons (Fsp3) is 0.211. The van der Waals surface area contributed by atoms with Crippen LogP contribution in [0.3, 0.4) is 0 Å². The molecule has 1 aliphatic heterocycles. The lowest BCUT2D eigenvalue weighted by Crippen LogP contribution is -3.00. The highest BCUT2D eigenvalue weighted by Gasteiger charge is 2.45. The summed E-state index contributed by atoms with van der Waals surface area (Å²) in [6, 6.07) is 60.5. The topological polar surface area (TPSA) is 55.4 Å². The van der Waals surface area contributed by atoms with E-state index in [4.69, 9.17) is 28.4 Å². The molecule has 14 heteroatoms. The molecule has 0 bridgehead atoms. The molecule has 0 unspecified atom stereocenters. The van der Waals surface area contributed by atoms with Gasteiger partial charge in [-0.3, -0.25) is 0 Å². The predicted molar refractivity (Wildman–Crippen MR) is 334 cm³/mol. The Morgan fingerprint density at radius 2 is 0.533 bits per heavy atom. The van der Waals surface area contributed by atoms with Gasteiger partial charge in [0, 0.05) is 33.4 Å². The SMILES string of the molecule is CCCC[N+]1(CCCC)Cc2c(-c3cc(F)c(F)c(F)c3)c(OCc3ccccc3)c(OCc3ccccc3)c(OCc3ccccc3)c2-c2c(c(-c3cc(F)c(F)c(F)c3)c(OCc3ccccc3)c(OCc3ccccc3)c2OCc2ccccc2)C1.[Br-]. The molecule has 10 aromatic rings. The molecule has 0 amide bonds. The zero-order chi connectivity index (χ0) is 61.7. The predicted octanol–water partition coefficient (Wildman–Crippen LogP) is 16.4. The molecule has 1 heterocycles. The number of hydrogen-bond donors (Lipinski definition) is 0. The molecule has 0 aliphatic carbocycles. The van der Waals surface area contributed by atoms with Crippen LogP contribution in [-0.2, 0) is 52.7 Å². The second-order valence-corrected chi connectivity index (χ2v) is 22.4. The van der Waals surface area contributed by atoms with E-state index < -0.39 is 34.9 Å². The van der Waals surface area contributed by atoms with Crippen LogP contribution in [0.15, 0.2) is 206 Å². The summed E-state index contributed by atoms with van der Waals surface area (Å²) in [5.74, 6) is -8.79. The van der Waals surface area contributed by atoms with Crippen molar-refractivity contribution < 1.29 is 76.2 Å². The van der Waals surface area contributed by atoms with Gasteiger partial charge in [-0.05, 0) is 81.6 Å². The van der Waals surface area contributed by atoms with Gasteiger partial charge < -0.3 is 49.9 Å². The van der Waals surface area contributed by atoms with Crippen LogP contribution in [0.25, 0.3) is 33.4 Å². The summed E-state index contributed by atoms with van der Waals surface area (Å²) < 4.78 is 141. The summed E-state index contributed by atoms with van der Waals surface area (Å²) in [5, 5.41) is 0. The van der Waals surface area contributed by atoms with Gasteiger partial charge in [0.25, 0.3) is 0 Å². The molecule has 0 N–H and O–H groups in total. The second kappa shape index (κ2) is 30.0. The van der Waals surface area contributed by atoms with E-state index in [-0.39, 0.29) is 131 Å². The van der Waals surface area contributed by atoms with Gasteiger partial charge in [-0.2, -0.15) is 0 Å². The van der Waals surface area contributed by atoms with Crippen LogP contribution in [0.5, 0.6) is 34.5 Å². The number of nitrogens with zero attached hydrogens (tertiary/aromatic N) is 1. The van der Waals surface area contributed by atoms with E-state index in [2.05, 4.69) is 13.8 Å². The molecule has 90 heavy (non-hydrogen) atoms. The van der Waals surface area contributed by atoms with E-state index in [1.165, 1.54) is 0 Å². The fourth-order valence-corrected chi connectivity index (χ4v) is 11.6. The minimum Gasteiger partial charge on any atom is -1.00 e. The fourth-order valence-electron chi connectivity index (χ4n) is 11.6. The third-order valence-corrected chi connectivity index (χ3v) is 16.1. The molecule has 1 aliphatic rings. The smallest absolute Gasteiger partial charge is 0.205 e. The molecule has 0 atom stereocenters. The first-order valence-corrected chi connectivity index (χ1v) is 30.1. The first kappa shape index (κ1) is 64.0. The summed E-state index contributed by atoms with van der Waals surface area (Å²) in [4.78, 5) is 0. The van der Waals surface area contributed by atoms with Crippen molar-refractivity contribution in [3.05, 3.63) is 286 Å². The third-order valence-electron chi connectivity index (χ3n) is 16.1. The molecule has 10 aromatic carbocycles. The Hall–Kier alpha value is -8.98. The molecule has 0 fully saturated rings. The average molecular weight is 1290 g/mol. The van der Waals surface area contributed by atoms with Crippen molar-refractivity contribution in [2.24, 2.45) is 0 Å². The maximum atomic E-state index is 16.5. The van der Waals surface area contributed by atoms with Crippen LogP contribution in [-0.4, -0.2) is 17.6 Å². The first-order chi connectivity index (χ1) is 43.5. The molecule has 7 nitrogen and oxygen atoms in total. The van der Waals surface area contributed by atoms with Gasteiger partial charge in [0.1, 0.15) is 52.7 Å². The maximum Gasteiger partial charge on any atom is 0.205 e. The molecule has 0 aromatic heterocycles. The van der Waals surface area contributed by atoms with E-state index >= 15 is 26.3 Å². The number of ether oxygens (including phenoxy) is 6. The van der Waals surface area contributed by atoms with Crippen molar-refractivity contribution in [2.45, 2.75) is 92.3 Å². The molecule has 11 rings (SSSR count). The van der Waals surface area contributed by atoms with Gasteiger partial charge in [-0.15, -0.1) is 0 Å². The van der Waals surface area contributed by atoms with Crippen LogP contribution in [0.4, 0.5) is 26.3 Å². The van der Waals surface area contributed by atoms with Crippen LogP contribution < -0.4 is 45.4 Å². The number of rotatable bonds is 26. The van der Waals surface area contributed by atoms with E-state index in [0.717, 1.165) is 70.5 Å². The highest BCUT2D eigenvalue weighted by atomic mass is 79.9. The molecule has 462 valence electrons. The van der Waals surface area contributed by atoms with Crippen LogP contribution in [0.1, 0.15) is 84.0 Å². The minimum absolute atomic E-state index is 0. The Balaban J connectivity index is 0.00000891. The van der Waals surface area contributed by atoms with Crippen LogP contribution in [0.2, 0.25) is 0 Å². The summed E-state index contributed by atoms with van der Waals surface area (Å²) >= 11 is 0. The van der Waals surface area contributed by atoms with Gasteiger partial charge in [-0.25, -0.2) is 26.3 Å². The Morgan fingerprint density at radius 1 is 0.311 bits per heavy atom. The normalized spacial score (nSPS) is 12.2. The molecular weight excluding hydrogens is 1220 g/mol. The number of halogens is 7. The molecule has 0 saturated heterocycles. The summed E-state index contributed by atoms with van der Waals surface area (Å²) in [5.41, 5.74) is 6.15. The Kier molecular flexibility index (Phi) is 21.4. The number of unbranched alkanes of at least 4 members (excludes halogenated alkanes) is 2. The molecule has 0 radical (unpaired) electrons. The van der Waals surface area contributed by atoms with Crippen molar-refractivity contribution in [3.63, 3.8) is 0 Å². The van der Waals surface area contributed by atoms with Gasteiger partial charge >= 0.3 is 0 Å². The summed E-state index contributed by atoms with van der Waals surface area (Å²) in [6.07, 6.45) is 2.86. The van der Waals surface area contributed by atoms with Crippen LogP contribution >= 0.6 is 0 Å². The molecular formula is C76H68BrF6NO6. The Morgan fingerprint density at radius 3 is 0.767 bits per heavy atom. The lowest BCUT2D eigenvalue weighted by Gasteiger charge is -2.39. The van der Waals surface area contributed by atoms with Crippen molar-refractivity contribution in [1.29, 1.82) is 0 Å². The van der Waals surface area contributed by atoms with E-state index in [0.29, 0.717) is 48.2 Å². The summed E-state index contributed by atoms with van der Waals surface area (Å²) in [6.45, 7) is 4.96. The Labute approximate surface area is 532 Å².